The summed E-state index contributed by atoms with van der Waals surface area (Å²) in [6, 6.07) is 0.187. The van der Waals surface area contributed by atoms with Gasteiger partial charge in [0, 0.05) is 31.2 Å². The van der Waals surface area contributed by atoms with Gasteiger partial charge in [-0.15, -0.1) is 0 Å². The number of thioether (sulfide) groups is 1. The topological polar surface area (TPSA) is 63.4 Å². The van der Waals surface area contributed by atoms with Gasteiger partial charge in [0.05, 0.1) is 0 Å². The minimum atomic E-state index is -0.279. The molecule has 1 saturated heterocycles. The van der Waals surface area contributed by atoms with E-state index in [1.165, 1.54) is 0 Å². The van der Waals surface area contributed by atoms with Gasteiger partial charge in [-0.2, -0.15) is 11.8 Å². The fourth-order valence-corrected chi connectivity index (χ4v) is 2.80. The minimum absolute atomic E-state index is 0.187. The number of amides is 2. The first-order chi connectivity index (χ1) is 7.65. The summed E-state index contributed by atoms with van der Waals surface area (Å²) in [7, 11) is 0. The van der Waals surface area contributed by atoms with Gasteiger partial charge in [-0.3, -0.25) is 9.59 Å². The van der Waals surface area contributed by atoms with E-state index in [1.807, 2.05) is 16.7 Å². The van der Waals surface area contributed by atoms with E-state index in [1.54, 1.807) is 0 Å². The number of likely N-dealkylation sites (tertiary alicyclic amines) is 1. The second-order valence-corrected chi connectivity index (χ2v) is 5.33. The number of primary amides is 1. The van der Waals surface area contributed by atoms with Crippen molar-refractivity contribution in [2.75, 3.05) is 18.1 Å². The molecule has 2 N–H and O–H groups in total. The fraction of sp³-hybridized carbons (Fsp3) is 0.818. The Balaban J connectivity index is 2.48. The Kier molecular flexibility index (Phi) is 5.66. The molecule has 0 bridgehead atoms. The van der Waals surface area contributed by atoms with Gasteiger partial charge in [0.15, 0.2) is 0 Å². The van der Waals surface area contributed by atoms with Crippen LogP contribution >= 0.6 is 11.8 Å². The van der Waals surface area contributed by atoms with Crippen molar-refractivity contribution in [3.8, 4) is 0 Å². The molecule has 1 heterocycles. The molecule has 0 aromatic carbocycles. The van der Waals surface area contributed by atoms with Crippen LogP contribution in [0.5, 0.6) is 0 Å². The maximum atomic E-state index is 11.6. The number of nitrogens with zero attached hydrogens (tertiary/aromatic N) is 1. The number of carbonyl (C=O) groups excluding carboxylic acids is 2. The SMILES string of the molecule is CCSCC(CCC(N)=O)N1CCCC1=O. The lowest BCUT2D eigenvalue weighted by atomic mass is 10.1. The molecule has 0 aromatic heterocycles. The summed E-state index contributed by atoms with van der Waals surface area (Å²) in [4.78, 5) is 24.3. The van der Waals surface area contributed by atoms with E-state index in [0.717, 1.165) is 24.5 Å². The summed E-state index contributed by atoms with van der Waals surface area (Å²) >= 11 is 1.81. The largest absolute Gasteiger partial charge is 0.370 e. The fourth-order valence-electron chi connectivity index (χ4n) is 1.95. The smallest absolute Gasteiger partial charge is 0.222 e. The molecule has 1 atom stereocenters. The van der Waals surface area contributed by atoms with E-state index in [4.69, 9.17) is 5.73 Å². The third-order valence-corrected chi connectivity index (χ3v) is 3.82. The zero-order valence-electron chi connectivity index (χ0n) is 9.78. The monoisotopic (exact) mass is 244 g/mol. The third kappa shape index (κ3) is 4.04. The third-order valence-electron chi connectivity index (χ3n) is 2.79. The lowest BCUT2D eigenvalue weighted by Crippen LogP contribution is -2.38. The van der Waals surface area contributed by atoms with E-state index in [9.17, 15) is 9.59 Å². The van der Waals surface area contributed by atoms with Crippen LogP contribution in [0.1, 0.15) is 32.6 Å². The van der Waals surface area contributed by atoms with E-state index >= 15 is 0 Å². The van der Waals surface area contributed by atoms with Gasteiger partial charge >= 0.3 is 0 Å². The summed E-state index contributed by atoms with van der Waals surface area (Å²) in [5.41, 5.74) is 5.15. The molecule has 1 aliphatic heterocycles. The normalized spacial score (nSPS) is 17.8. The highest BCUT2D eigenvalue weighted by Crippen LogP contribution is 2.20. The van der Waals surface area contributed by atoms with Crippen LogP contribution < -0.4 is 5.73 Å². The summed E-state index contributed by atoms with van der Waals surface area (Å²) < 4.78 is 0. The predicted molar refractivity (Wildman–Crippen MR) is 66.2 cm³/mol. The van der Waals surface area contributed by atoms with Crippen molar-refractivity contribution in [1.29, 1.82) is 0 Å². The van der Waals surface area contributed by atoms with Gasteiger partial charge in [0.2, 0.25) is 11.8 Å². The van der Waals surface area contributed by atoms with Crippen molar-refractivity contribution in [1.82, 2.24) is 4.90 Å². The summed E-state index contributed by atoms with van der Waals surface area (Å²) in [6.45, 7) is 2.94. The maximum absolute atomic E-state index is 11.6. The first kappa shape index (κ1) is 13.4. The van der Waals surface area contributed by atoms with Crippen molar-refractivity contribution >= 4 is 23.6 Å². The van der Waals surface area contributed by atoms with Crippen molar-refractivity contribution in [3.05, 3.63) is 0 Å². The number of carbonyl (C=O) groups is 2. The van der Waals surface area contributed by atoms with Crippen molar-refractivity contribution in [2.45, 2.75) is 38.6 Å². The highest BCUT2D eigenvalue weighted by Gasteiger charge is 2.27. The zero-order valence-corrected chi connectivity index (χ0v) is 10.6. The Labute approximate surface area is 101 Å². The van der Waals surface area contributed by atoms with Crippen molar-refractivity contribution in [3.63, 3.8) is 0 Å². The van der Waals surface area contributed by atoms with Crippen molar-refractivity contribution in [2.24, 2.45) is 5.73 Å². The van der Waals surface area contributed by atoms with Crippen molar-refractivity contribution < 1.29 is 9.59 Å². The van der Waals surface area contributed by atoms with E-state index in [-0.39, 0.29) is 17.9 Å². The van der Waals surface area contributed by atoms with Crippen LogP contribution in [0, 0.1) is 0 Å². The van der Waals surface area contributed by atoms with Crippen LogP contribution in [-0.4, -0.2) is 40.8 Å². The number of rotatable bonds is 7. The molecule has 0 aromatic rings. The number of nitrogens with two attached hydrogens (primary N) is 1. The molecular weight excluding hydrogens is 224 g/mol. The standard InChI is InChI=1S/C11H20N2O2S/c1-2-16-8-9(5-6-10(12)14)13-7-3-4-11(13)15/h9H,2-8H2,1H3,(H2,12,14). The van der Waals surface area contributed by atoms with E-state index in [0.29, 0.717) is 19.3 Å². The van der Waals surface area contributed by atoms with Crippen LogP contribution in [0.4, 0.5) is 0 Å². The average Bonchev–Trinajstić information content (AvgIpc) is 2.65. The Morgan fingerprint density at radius 2 is 2.38 bits per heavy atom. The van der Waals surface area contributed by atoms with Crippen LogP contribution in [0.3, 0.4) is 0 Å². The zero-order chi connectivity index (χ0) is 12.0. The molecular formula is C11H20N2O2S. The summed E-state index contributed by atoms with van der Waals surface area (Å²) in [5.74, 6) is 1.90. The van der Waals surface area contributed by atoms with Crippen LogP contribution in [0.2, 0.25) is 0 Å². The summed E-state index contributed by atoms with van der Waals surface area (Å²) in [5, 5.41) is 0. The molecule has 4 nitrogen and oxygen atoms in total. The quantitative estimate of drug-likeness (QED) is 0.726. The van der Waals surface area contributed by atoms with Gasteiger partial charge in [-0.1, -0.05) is 6.92 Å². The molecule has 1 fully saturated rings. The molecule has 1 aliphatic rings. The second kappa shape index (κ2) is 6.78. The lowest BCUT2D eigenvalue weighted by Gasteiger charge is -2.27. The van der Waals surface area contributed by atoms with Gasteiger partial charge in [-0.05, 0) is 18.6 Å². The molecule has 0 radical (unpaired) electrons. The van der Waals surface area contributed by atoms with Gasteiger partial charge in [0.25, 0.3) is 0 Å². The first-order valence-corrected chi connectivity index (χ1v) is 6.96. The van der Waals surface area contributed by atoms with Gasteiger partial charge in [0.1, 0.15) is 0 Å². The molecule has 0 aliphatic carbocycles. The Bertz CT molecular complexity index is 258. The molecule has 1 rings (SSSR count). The molecule has 2 amide bonds. The molecule has 92 valence electrons. The molecule has 5 heteroatoms. The van der Waals surface area contributed by atoms with Crippen LogP contribution in [0.25, 0.3) is 0 Å². The predicted octanol–water partition coefficient (Wildman–Crippen LogP) is 0.996. The van der Waals surface area contributed by atoms with E-state index < -0.39 is 0 Å². The highest BCUT2D eigenvalue weighted by molar-refractivity contribution is 7.99. The highest BCUT2D eigenvalue weighted by atomic mass is 32.2. The van der Waals surface area contributed by atoms with Crippen LogP contribution in [-0.2, 0) is 9.59 Å². The average molecular weight is 244 g/mol. The minimum Gasteiger partial charge on any atom is -0.370 e. The maximum Gasteiger partial charge on any atom is 0.222 e. The molecule has 16 heavy (non-hydrogen) atoms. The molecule has 0 spiro atoms. The lowest BCUT2D eigenvalue weighted by molar-refractivity contribution is -0.130. The number of hydrogen-bond donors (Lipinski definition) is 1. The molecule has 0 saturated carbocycles. The summed E-state index contributed by atoms with van der Waals surface area (Å²) in [6.07, 6.45) is 2.68. The second-order valence-electron chi connectivity index (χ2n) is 4.01. The Morgan fingerprint density at radius 3 is 2.88 bits per heavy atom. The van der Waals surface area contributed by atoms with Gasteiger partial charge < -0.3 is 10.6 Å². The van der Waals surface area contributed by atoms with Gasteiger partial charge in [-0.25, -0.2) is 0 Å². The van der Waals surface area contributed by atoms with E-state index in [2.05, 4.69) is 6.92 Å². The Morgan fingerprint density at radius 1 is 1.62 bits per heavy atom. The molecule has 1 unspecified atom stereocenters. The van der Waals surface area contributed by atoms with Crippen LogP contribution in [0.15, 0.2) is 0 Å². The Hall–Kier alpha value is -0.710. The number of hydrogen-bond acceptors (Lipinski definition) is 3. The first-order valence-electron chi connectivity index (χ1n) is 5.80.